The van der Waals surface area contributed by atoms with Gasteiger partial charge in [-0.05, 0) is 31.0 Å². The van der Waals surface area contributed by atoms with Crippen molar-refractivity contribution in [2.24, 2.45) is 5.73 Å². The maximum atomic E-state index is 11.9. The van der Waals surface area contributed by atoms with Gasteiger partial charge in [0.2, 0.25) is 5.91 Å². The summed E-state index contributed by atoms with van der Waals surface area (Å²) in [6, 6.07) is 5.36. The molecule has 6 nitrogen and oxygen atoms in total. The van der Waals surface area contributed by atoms with Crippen LogP contribution in [0, 0.1) is 0 Å². The molecular weight excluding hydrogens is 268 g/mol. The predicted molar refractivity (Wildman–Crippen MR) is 83.0 cm³/mol. The van der Waals surface area contributed by atoms with Gasteiger partial charge in [0.1, 0.15) is 0 Å². The van der Waals surface area contributed by atoms with Crippen molar-refractivity contribution >= 4 is 16.9 Å². The van der Waals surface area contributed by atoms with Crippen molar-refractivity contribution in [3.8, 4) is 0 Å². The molecule has 0 aliphatic heterocycles. The fraction of sp³-hybridized carbons (Fsp3) is 0.467. The van der Waals surface area contributed by atoms with Crippen LogP contribution in [0.3, 0.4) is 0 Å². The molecule has 1 heterocycles. The second kappa shape index (κ2) is 6.58. The van der Waals surface area contributed by atoms with Gasteiger partial charge in [0, 0.05) is 12.5 Å². The Hall–Kier alpha value is -2.08. The number of carbonyl (C=O) groups is 1. The van der Waals surface area contributed by atoms with Crippen LogP contribution in [0.1, 0.15) is 44.7 Å². The maximum Gasteiger partial charge on any atom is 0.323 e. The standard InChI is InChI=1S/C15H22N4O2/c1-3-4-11(16)8-14(20)17-9(2)10-5-6-12-13(7-10)19-15(21)18-12/h5-7,9,11H,3-4,8,16H2,1-2H3,(H,17,20)(H2,18,19,21). The highest BCUT2D eigenvalue weighted by Gasteiger charge is 2.13. The summed E-state index contributed by atoms with van der Waals surface area (Å²) in [6.45, 7) is 3.96. The molecule has 5 N–H and O–H groups in total. The largest absolute Gasteiger partial charge is 0.350 e. The number of nitrogens with two attached hydrogens (primary N) is 1. The molecule has 0 saturated carbocycles. The first-order chi connectivity index (χ1) is 9.99. The van der Waals surface area contributed by atoms with E-state index in [2.05, 4.69) is 15.3 Å². The number of H-pyrrole nitrogens is 2. The van der Waals surface area contributed by atoms with Crippen molar-refractivity contribution in [2.45, 2.75) is 45.2 Å². The van der Waals surface area contributed by atoms with Gasteiger partial charge in [-0.15, -0.1) is 0 Å². The van der Waals surface area contributed by atoms with Crippen molar-refractivity contribution in [3.05, 3.63) is 34.2 Å². The van der Waals surface area contributed by atoms with Gasteiger partial charge in [-0.2, -0.15) is 0 Å². The van der Waals surface area contributed by atoms with Gasteiger partial charge in [0.15, 0.2) is 0 Å². The molecule has 0 aliphatic rings. The molecule has 0 spiro atoms. The maximum absolute atomic E-state index is 11.9. The van der Waals surface area contributed by atoms with E-state index in [9.17, 15) is 9.59 Å². The molecule has 21 heavy (non-hydrogen) atoms. The average Bonchev–Trinajstić information content (AvgIpc) is 2.77. The van der Waals surface area contributed by atoms with Gasteiger partial charge in [-0.25, -0.2) is 4.79 Å². The van der Waals surface area contributed by atoms with Crippen LogP contribution in [0.15, 0.2) is 23.0 Å². The molecule has 1 aromatic carbocycles. The van der Waals surface area contributed by atoms with Gasteiger partial charge in [-0.3, -0.25) is 4.79 Å². The van der Waals surface area contributed by atoms with Gasteiger partial charge in [0.25, 0.3) is 0 Å². The van der Waals surface area contributed by atoms with Crippen molar-refractivity contribution in [3.63, 3.8) is 0 Å². The van der Waals surface area contributed by atoms with Crippen molar-refractivity contribution in [1.82, 2.24) is 15.3 Å². The van der Waals surface area contributed by atoms with E-state index in [0.29, 0.717) is 6.42 Å². The first-order valence-corrected chi connectivity index (χ1v) is 7.26. The third kappa shape index (κ3) is 3.95. The Bertz CT molecular complexity index is 674. The number of fused-ring (bicyclic) bond motifs is 1. The van der Waals surface area contributed by atoms with E-state index in [-0.39, 0.29) is 23.7 Å². The zero-order valence-electron chi connectivity index (χ0n) is 12.4. The normalized spacial score (nSPS) is 14.0. The first kappa shape index (κ1) is 15.3. The predicted octanol–water partition coefficient (Wildman–Crippen LogP) is 1.55. The van der Waals surface area contributed by atoms with Gasteiger partial charge >= 0.3 is 5.69 Å². The molecule has 2 aromatic rings. The SMILES string of the molecule is CCCC(N)CC(=O)NC(C)c1ccc2[nH]c(=O)[nH]c2c1. The first-order valence-electron chi connectivity index (χ1n) is 7.26. The van der Waals surface area contributed by atoms with Crippen molar-refractivity contribution in [1.29, 1.82) is 0 Å². The summed E-state index contributed by atoms with van der Waals surface area (Å²) < 4.78 is 0. The lowest BCUT2D eigenvalue weighted by Crippen LogP contribution is -2.33. The Balaban J connectivity index is 2.02. The van der Waals surface area contributed by atoms with Gasteiger partial charge in [0.05, 0.1) is 17.1 Å². The summed E-state index contributed by atoms with van der Waals surface area (Å²) >= 11 is 0. The highest BCUT2D eigenvalue weighted by atomic mass is 16.1. The number of imidazole rings is 1. The molecule has 6 heteroatoms. The second-order valence-electron chi connectivity index (χ2n) is 5.43. The minimum absolute atomic E-state index is 0.0499. The monoisotopic (exact) mass is 290 g/mol. The quantitative estimate of drug-likeness (QED) is 0.649. The lowest BCUT2D eigenvalue weighted by molar-refractivity contribution is -0.122. The van der Waals surface area contributed by atoms with E-state index in [1.54, 1.807) is 0 Å². The van der Waals surface area contributed by atoms with E-state index in [4.69, 9.17) is 5.73 Å². The molecule has 2 rings (SSSR count). The number of amides is 1. The Morgan fingerprint density at radius 1 is 1.33 bits per heavy atom. The van der Waals surface area contributed by atoms with Crippen LogP contribution in [0.2, 0.25) is 0 Å². The third-order valence-electron chi connectivity index (χ3n) is 3.52. The van der Waals surface area contributed by atoms with Crippen molar-refractivity contribution in [2.75, 3.05) is 0 Å². The fourth-order valence-corrected chi connectivity index (χ4v) is 2.41. The number of rotatable bonds is 6. The summed E-state index contributed by atoms with van der Waals surface area (Å²) in [7, 11) is 0. The summed E-state index contributed by atoms with van der Waals surface area (Å²) in [6.07, 6.45) is 2.15. The Morgan fingerprint density at radius 2 is 2.05 bits per heavy atom. The van der Waals surface area contributed by atoms with E-state index < -0.39 is 0 Å². The van der Waals surface area contributed by atoms with Crippen LogP contribution >= 0.6 is 0 Å². The van der Waals surface area contributed by atoms with Crippen LogP contribution in [0.5, 0.6) is 0 Å². The van der Waals surface area contributed by atoms with Gasteiger partial charge in [-0.1, -0.05) is 19.4 Å². The summed E-state index contributed by atoms with van der Waals surface area (Å²) in [4.78, 5) is 28.6. The Morgan fingerprint density at radius 3 is 2.76 bits per heavy atom. The van der Waals surface area contributed by atoms with E-state index >= 15 is 0 Å². The van der Waals surface area contributed by atoms with Crippen LogP contribution in [-0.4, -0.2) is 21.9 Å². The number of benzene rings is 1. The second-order valence-corrected chi connectivity index (χ2v) is 5.43. The van der Waals surface area contributed by atoms with Crippen LogP contribution in [-0.2, 0) is 4.79 Å². The molecule has 0 aliphatic carbocycles. The lowest BCUT2D eigenvalue weighted by atomic mass is 10.1. The minimum Gasteiger partial charge on any atom is -0.350 e. The third-order valence-corrected chi connectivity index (χ3v) is 3.52. The molecule has 1 aromatic heterocycles. The zero-order chi connectivity index (χ0) is 15.4. The molecule has 0 saturated heterocycles. The molecular formula is C15H22N4O2. The summed E-state index contributed by atoms with van der Waals surface area (Å²) in [5.41, 5.74) is 8.07. The number of hydrogen-bond donors (Lipinski definition) is 4. The number of aromatic amines is 2. The summed E-state index contributed by atoms with van der Waals surface area (Å²) in [5.74, 6) is -0.0499. The van der Waals surface area contributed by atoms with Crippen LogP contribution in [0.4, 0.5) is 0 Å². The molecule has 2 atom stereocenters. The number of hydrogen-bond acceptors (Lipinski definition) is 3. The molecule has 0 bridgehead atoms. The molecule has 0 radical (unpaired) electrons. The summed E-state index contributed by atoms with van der Waals surface area (Å²) in [5, 5.41) is 2.94. The minimum atomic E-state index is -0.232. The Labute approximate surface area is 123 Å². The van der Waals surface area contributed by atoms with Gasteiger partial charge < -0.3 is 21.0 Å². The fourth-order valence-electron chi connectivity index (χ4n) is 2.41. The number of aromatic nitrogens is 2. The van der Waals surface area contributed by atoms with Crippen LogP contribution in [0.25, 0.3) is 11.0 Å². The highest BCUT2D eigenvalue weighted by molar-refractivity contribution is 5.78. The molecule has 114 valence electrons. The van der Waals surface area contributed by atoms with E-state index in [1.165, 1.54) is 0 Å². The van der Waals surface area contributed by atoms with Crippen LogP contribution < -0.4 is 16.7 Å². The molecule has 2 unspecified atom stereocenters. The zero-order valence-corrected chi connectivity index (χ0v) is 12.4. The molecule has 0 fully saturated rings. The van der Waals surface area contributed by atoms with Crippen molar-refractivity contribution < 1.29 is 4.79 Å². The van der Waals surface area contributed by atoms with E-state index in [0.717, 1.165) is 29.4 Å². The smallest absolute Gasteiger partial charge is 0.323 e. The number of carbonyl (C=O) groups excluding carboxylic acids is 1. The molecule has 1 amide bonds. The average molecular weight is 290 g/mol. The topological polar surface area (TPSA) is 104 Å². The Kier molecular flexibility index (Phi) is 4.80. The van der Waals surface area contributed by atoms with E-state index in [1.807, 2.05) is 32.0 Å². The number of nitrogens with one attached hydrogen (secondary N) is 3. The lowest BCUT2D eigenvalue weighted by Gasteiger charge is -2.16. The highest BCUT2D eigenvalue weighted by Crippen LogP contribution is 2.17.